The summed E-state index contributed by atoms with van der Waals surface area (Å²) in [7, 11) is 0. The van der Waals surface area contributed by atoms with E-state index in [1.165, 1.54) is 0 Å². The summed E-state index contributed by atoms with van der Waals surface area (Å²) in [4.78, 5) is 13.4. The number of hydrogen-bond donors (Lipinski definition) is 0. The second-order valence-corrected chi connectivity index (χ2v) is 3.86. The van der Waals surface area contributed by atoms with Crippen LogP contribution in [0.15, 0.2) is 0 Å². The molecule has 0 radical (unpaired) electrons. The van der Waals surface area contributed by atoms with Gasteiger partial charge in [0, 0.05) is 13.2 Å². The zero-order valence-corrected chi connectivity index (χ0v) is 9.70. The highest BCUT2D eigenvalue weighted by atomic mass is 16.5. The van der Waals surface area contributed by atoms with Crippen molar-refractivity contribution in [1.82, 2.24) is 4.90 Å². The molecule has 1 atom stereocenters. The fourth-order valence-electron chi connectivity index (χ4n) is 1.79. The van der Waals surface area contributed by atoms with Crippen LogP contribution in [0, 0.1) is 5.92 Å². The Morgan fingerprint density at radius 1 is 1.53 bits per heavy atom. The Bertz CT molecular complexity index is 190. The fourth-order valence-corrected chi connectivity index (χ4v) is 1.79. The van der Waals surface area contributed by atoms with Crippen molar-refractivity contribution in [3.05, 3.63) is 0 Å². The van der Waals surface area contributed by atoms with E-state index in [0.29, 0.717) is 19.1 Å². The molecule has 1 aliphatic rings. The third-order valence-electron chi connectivity index (χ3n) is 2.65. The lowest BCUT2D eigenvalue weighted by molar-refractivity contribution is -0.144. The zero-order valence-electron chi connectivity index (χ0n) is 9.70. The maximum atomic E-state index is 11.3. The summed E-state index contributed by atoms with van der Waals surface area (Å²) >= 11 is 0. The van der Waals surface area contributed by atoms with Gasteiger partial charge in [0.25, 0.3) is 0 Å². The zero-order chi connectivity index (χ0) is 11.1. The molecule has 15 heavy (non-hydrogen) atoms. The quantitative estimate of drug-likeness (QED) is 0.617. The molecule has 0 aliphatic carbocycles. The van der Waals surface area contributed by atoms with E-state index in [9.17, 15) is 4.79 Å². The summed E-state index contributed by atoms with van der Waals surface area (Å²) in [5.74, 6) is 0.456. The summed E-state index contributed by atoms with van der Waals surface area (Å²) in [6.45, 7) is 8.28. The van der Waals surface area contributed by atoms with Crippen LogP contribution in [-0.2, 0) is 14.3 Å². The molecule has 4 nitrogen and oxygen atoms in total. The van der Waals surface area contributed by atoms with Gasteiger partial charge < -0.3 is 9.47 Å². The van der Waals surface area contributed by atoms with Crippen LogP contribution in [0.1, 0.15) is 20.3 Å². The van der Waals surface area contributed by atoms with Gasteiger partial charge in [0.1, 0.15) is 0 Å². The predicted molar refractivity (Wildman–Crippen MR) is 57.7 cm³/mol. The Kier molecular flexibility index (Phi) is 5.65. The van der Waals surface area contributed by atoms with E-state index in [0.717, 1.165) is 32.7 Å². The number of carbonyl (C=O) groups is 1. The van der Waals surface area contributed by atoms with Crippen molar-refractivity contribution in [1.29, 1.82) is 0 Å². The van der Waals surface area contributed by atoms with Crippen molar-refractivity contribution in [2.75, 3.05) is 39.5 Å². The number of hydrogen-bond acceptors (Lipinski definition) is 4. The molecule has 1 fully saturated rings. The maximum Gasteiger partial charge on any atom is 0.320 e. The number of nitrogens with zero attached hydrogens (tertiary/aromatic N) is 1. The van der Waals surface area contributed by atoms with Gasteiger partial charge in [-0.25, -0.2) is 0 Å². The molecule has 1 heterocycles. The molecule has 1 rings (SSSR count). The summed E-state index contributed by atoms with van der Waals surface area (Å²) in [5.41, 5.74) is 0. The minimum atomic E-state index is -0.127. The van der Waals surface area contributed by atoms with E-state index in [-0.39, 0.29) is 5.97 Å². The topological polar surface area (TPSA) is 38.8 Å². The molecule has 0 amide bonds. The molecule has 0 bridgehead atoms. The number of esters is 1. The molecular formula is C11H21NO3. The van der Waals surface area contributed by atoms with Crippen LogP contribution in [0.5, 0.6) is 0 Å². The fraction of sp³-hybridized carbons (Fsp3) is 0.909. The Morgan fingerprint density at radius 2 is 2.33 bits per heavy atom. The van der Waals surface area contributed by atoms with Gasteiger partial charge in [0.15, 0.2) is 0 Å². The first-order chi connectivity index (χ1) is 7.26. The van der Waals surface area contributed by atoms with Gasteiger partial charge in [0.05, 0.1) is 19.8 Å². The third kappa shape index (κ3) is 4.62. The summed E-state index contributed by atoms with van der Waals surface area (Å²) in [5, 5.41) is 0. The van der Waals surface area contributed by atoms with Crippen molar-refractivity contribution in [2.45, 2.75) is 20.3 Å². The summed E-state index contributed by atoms with van der Waals surface area (Å²) in [6, 6.07) is 0. The van der Waals surface area contributed by atoms with E-state index in [2.05, 4.69) is 11.8 Å². The highest BCUT2D eigenvalue weighted by Crippen LogP contribution is 2.13. The van der Waals surface area contributed by atoms with E-state index < -0.39 is 0 Å². The molecule has 1 aliphatic heterocycles. The van der Waals surface area contributed by atoms with Crippen molar-refractivity contribution >= 4 is 5.97 Å². The van der Waals surface area contributed by atoms with E-state index in [1.807, 2.05) is 6.92 Å². The Morgan fingerprint density at radius 3 is 2.87 bits per heavy atom. The Balaban J connectivity index is 2.24. The molecule has 1 unspecified atom stereocenters. The molecule has 0 aromatic rings. The molecule has 88 valence electrons. The van der Waals surface area contributed by atoms with Crippen LogP contribution in [0.4, 0.5) is 0 Å². The summed E-state index contributed by atoms with van der Waals surface area (Å²) in [6.07, 6.45) is 1.11. The van der Waals surface area contributed by atoms with Gasteiger partial charge >= 0.3 is 5.97 Å². The molecule has 0 aromatic heterocycles. The first kappa shape index (κ1) is 12.5. The highest BCUT2D eigenvalue weighted by Gasteiger charge is 2.19. The second kappa shape index (κ2) is 6.80. The largest absolute Gasteiger partial charge is 0.465 e. The van der Waals surface area contributed by atoms with Gasteiger partial charge in [-0.1, -0.05) is 6.92 Å². The highest BCUT2D eigenvalue weighted by molar-refractivity contribution is 5.71. The van der Waals surface area contributed by atoms with Crippen LogP contribution in [-0.4, -0.2) is 50.3 Å². The predicted octanol–water partition coefficient (Wildman–Crippen LogP) is 0.908. The van der Waals surface area contributed by atoms with E-state index in [1.54, 1.807) is 0 Å². The maximum absolute atomic E-state index is 11.3. The van der Waals surface area contributed by atoms with Crippen molar-refractivity contribution < 1.29 is 14.3 Å². The van der Waals surface area contributed by atoms with Crippen LogP contribution >= 0.6 is 0 Å². The number of ether oxygens (including phenoxy) is 2. The molecule has 1 saturated heterocycles. The molecular weight excluding hydrogens is 194 g/mol. The number of likely N-dealkylation sites (N-methyl/N-ethyl adjacent to an activating group) is 1. The van der Waals surface area contributed by atoms with Gasteiger partial charge in [-0.05, 0) is 25.8 Å². The third-order valence-corrected chi connectivity index (χ3v) is 2.65. The molecule has 4 heteroatoms. The Hall–Kier alpha value is -0.610. The van der Waals surface area contributed by atoms with Crippen LogP contribution in [0.3, 0.4) is 0 Å². The van der Waals surface area contributed by atoms with Crippen LogP contribution in [0.25, 0.3) is 0 Å². The first-order valence-corrected chi connectivity index (χ1v) is 5.72. The molecule has 0 spiro atoms. The normalized spacial score (nSPS) is 20.9. The molecule has 0 aromatic carbocycles. The summed E-state index contributed by atoms with van der Waals surface area (Å²) < 4.78 is 10.2. The monoisotopic (exact) mass is 215 g/mol. The van der Waals surface area contributed by atoms with Crippen LogP contribution < -0.4 is 0 Å². The van der Waals surface area contributed by atoms with Crippen molar-refractivity contribution in [2.24, 2.45) is 5.92 Å². The van der Waals surface area contributed by atoms with Crippen LogP contribution in [0.2, 0.25) is 0 Å². The standard InChI is InChI=1S/C11H21NO3/c1-3-12(8-11(13)15-4-2)7-10-5-6-14-9-10/h10H,3-9H2,1-2H3. The molecule has 0 N–H and O–H groups in total. The lowest BCUT2D eigenvalue weighted by Gasteiger charge is -2.22. The lowest BCUT2D eigenvalue weighted by Crippen LogP contribution is -2.35. The van der Waals surface area contributed by atoms with Gasteiger partial charge in [0.2, 0.25) is 0 Å². The van der Waals surface area contributed by atoms with Gasteiger partial charge in [-0.15, -0.1) is 0 Å². The van der Waals surface area contributed by atoms with Crippen molar-refractivity contribution in [3.8, 4) is 0 Å². The number of carbonyl (C=O) groups excluding carboxylic acids is 1. The number of rotatable bonds is 6. The average molecular weight is 215 g/mol. The molecule has 0 saturated carbocycles. The minimum Gasteiger partial charge on any atom is -0.465 e. The lowest BCUT2D eigenvalue weighted by atomic mass is 10.1. The Labute approximate surface area is 91.5 Å². The second-order valence-electron chi connectivity index (χ2n) is 3.86. The first-order valence-electron chi connectivity index (χ1n) is 5.72. The smallest absolute Gasteiger partial charge is 0.320 e. The van der Waals surface area contributed by atoms with E-state index in [4.69, 9.17) is 9.47 Å². The van der Waals surface area contributed by atoms with Crippen molar-refractivity contribution in [3.63, 3.8) is 0 Å². The SMILES string of the molecule is CCOC(=O)CN(CC)CC1CCOC1. The van der Waals surface area contributed by atoms with Gasteiger partial charge in [-0.2, -0.15) is 0 Å². The minimum absolute atomic E-state index is 0.127. The van der Waals surface area contributed by atoms with E-state index >= 15 is 0 Å². The average Bonchev–Trinajstić information content (AvgIpc) is 2.70. The van der Waals surface area contributed by atoms with Gasteiger partial charge in [-0.3, -0.25) is 9.69 Å².